The Balaban J connectivity index is 1.61. The summed E-state index contributed by atoms with van der Waals surface area (Å²) in [4.78, 5) is 29.7. The average Bonchev–Trinajstić information content (AvgIpc) is 3.36. The van der Waals surface area contributed by atoms with Crippen molar-refractivity contribution < 1.29 is 18.7 Å². The molecule has 2 amide bonds. The highest BCUT2D eigenvalue weighted by molar-refractivity contribution is 8.01. The number of fused-ring (bicyclic) bond motifs is 2. The molecule has 33 heavy (non-hydrogen) atoms. The second kappa shape index (κ2) is 8.23. The number of ether oxygens (including phenoxy) is 1. The van der Waals surface area contributed by atoms with Crippen molar-refractivity contribution in [3.8, 4) is 5.75 Å². The first-order chi connectivity index (χ1) is 15.9. The Bertz CT molecular complexity index is 1250. The van der Waals surface area contributed by atoms with E-state index in [0.29, 0.717) is 24.6 Å². The zero-order chi connectivity index (χ0) is 23.2. The minimum Gasteiger partial charge on any atom is -0.497 e. The van der Waals surface area contributed by atoms with E-state index in [0.717, 1.165) is 22.4 Å². The number of thioether (sulfide) groups is 1. The molecule has 1 fully saturated rings. The highest BCUT2D eigenvalue weighted by atomic mass is 32.2. The SMILES string of the molecule is COc1ccc2c(c1)[C@@]1(SCCN1C(=O)c1cccc(F)c1)C(=O)N2Cc1ccc(C)cc1. The fourth-order valence-electron chi connectivity index (χ4n) is 4.53. The van der Waals surface area contributed by atoms with Gasteiger partial charge in [0.25, 0.3) is 11.8 Å². The normalized spacial score (nSPS) is 19.3. The van der Waals surface area contributed by atoms with Gasteiger partial charge in [0.2, 0.25) is 0 Å². The summed E-state index contributed by atoms with van der Waals surface area (Å²) >= 11 is 1.44. The van der Waals surface area contributed by atoms with Crippen LogP contribution in [0.25, 0.3) is 0 Å². The number of rotatable bonds is 4. The molecule has 5 rings (SSSR count). The number of carbonyl (C=O) groups excluding carboxylic acids is 2. The molecule has 3 aromatic carbocycles. The van der Waals surface area contributed by atoms with E-state index in [1.165, 1.54) is 30.0 Å². The number of carbonyl (C=O) groups is 2. The van der Waals surface area contributed by atoms with E-state index in [9.17, 15) is 14.0 Å². The fourth-order valence-corrected chi connectivity index (χ4v) is 5.98. The smallest absolute Gasteiger partial charge is 0.268 e. The van der Waals surface area contributed by atoms with Gasteiger partial charge >= 0.3 is 0 Å². The second-order valence-electron chi connectivity index (χ2n) is 8.22. The van der Waals surface area contributed by atoms with Crippen LogP contribution >= 0.6 is 11.8 Å². The Hall–Kier alpha value is -3.32. The van der Waals surface area contributed by atoms with Crippen LogP contribution in [0.3, 0.4) is 0 Å². The number of hydrogen-bond donors (Lipinski definition) is 0. The van der Waals surface area contributed by atoms with Gasteiger partial charge in [-0.1, -0.05) is 35.9 Å². The minimum absolute atomic E-state index is 0.168. The monoisotopic (exact) mass is 462 g/mol. The molecule has 3 aromatic rings. The zero-order valence-electron chi connectivity index (χ0n) is 18.4. The Morgan fingerprint density at radius 2 is 1.91 bits per heavy atom. The lowest BCUT2D eigenvalue weighted by Gasteiger charge is -2.33. The molecule has 1 atom stereocenters. The lowest BCUT2D eigenvalue weighted by molar-refractivity contribution is -0.123. The van der Waals surface area contributed by atoms with E-state index in [4.69, 9.17) is 4.74 Å². The number of methoxy groups -OCH3 is 1. The van der Waals surface area contributed by atoms with Gasteiger partial charge in [-0.05, 0) is 48.9 Å². The third-order valence-corrected chi connectivity index (χ3v) is 7.60. The summed E-state index contributed by atoms with van der Waals surface area (Å²) in [6.45, 7) is 2.80. The van der Waals surface area contributed by atoms with Crippen molar-refractivity contribution >= 4 is 29.3 Å². The van der Waals surface area contributed by atoms with Crippen molar-refractivity contribution in [3.63, 3.8) is 0 Å². The van der Waals surface area contributed by atoms with Crippen LogP contribution < -0.4 is 9.64 Å². The first-order valence-electron chi connectivity index (χ1n) is 10.7. The van der Waals surface area contributed by atoms with Crippen LogP contribution in [0.1, 0.15) is 27.0 Å². The lowest BCUT2D eigenvalue weighted by Crippen LogP contribution is -2.50. The summed E-state index contributed by atoms with van der Waals surface area (Å²) in [6.07, 6.45) is 0. The first kappa shape index (κ1) is 21.5. The molecular formula is C26H23FN2O3S. The van der Waals surface area contributed by atoms with Gasteiger partial charge in [-0.2, -0.15) is 0 Å². The molecule has 0 bridgehead atoms. The fraction of sp³-hybridized carbons (Fsp3) is 0.231. The van der Waals surface area contributed by atoms with Crippen molar-refractivity contribution in [3.05, 3.63) is 94.8 Å². The predicted molar refractivity (Wildman–Crippen MR) is 127 cm³/mol. The van der Waals surface area contributed by atoms with Crippen LogP contribution in [0.5, 0.6) is 5.75 Å². The van der Waals surface area contributed by atoms with Gasteiger partial charge in [0.1, 0.15) is 11.6 Å². The maximum Gasteiger partial charge on any atom is 0.268 e. The molecule has 0 aromatic heterocycles. The Labute approximate surface area is 196 Å². The highest BCUT2D eigenvalue weighted by Gasteiger charge is 2.59. The molecule has 7 heteroatoms. The molecule has 0 unspecified atom stereocenters. The zero-order valence-corrected chi connectivity index (χ0v) is 19.2. The summed E-state index contributed by atoms with van der Waals surface area (Å²) in [5.74, 6) is 0.200. The van der Waals surface area contributed by atoms with Crippen molar-refractivity contribution in [2.24, 2.45) is 0 Å². The molecule has 0 radical (unpaired) electrons. The largest absolute Gasteiger partial charge is 0.497 e. The molecular weight excluding hydrogens is 439 g/mol. The molecule has 168 valence electrons. The van der Waals surface area contributed by atoms with Crippen LogP contribution in [0, 0.1) is 12.7 Å². The maximum absolute atomic E-state index is 14.1. The van der Waals surface area contributed by atoms with E-state index in [2.05, 4.69) is 0 Å². The van der Waals surface area contributed by atoms with Gasteiger partial charge in [0.15, 0.2) is 4.87 Å². The van der Waals surface area contributed by atoms with E-state index in [1.807, 2.05) is 49.4 Å². The maximum atomic E-state index is 14.1. The summed E-state index contributed by atoms with van der Waals surface area (Å²) in [5.41, 5.74) is 3.86. The molecule has 2 heterocycles. The van der Waals surface area contributed by atoms with Crippen LogP contribution in [0.4, 0.5) is 10.1 Å². The number of nitrogens with zero attached hydrogens (tertiary/aromatic N) is 2. The predicted octanol–water partition coefficient (Wildman–Crippen LogP) is 4.73. The molecule has 1 saturated heterocycles. The number of aryl methyl sites for hydroxylation is 1. The van der Waals surface area contributed by atoms with Gasteiger partial charge in [0, 0.05) is 23.4 Å². The van der Waals surface area contributed by atoms with Gasteiger partial charge in [-0.25, -0.2) is 4.39 Å². The Morgan fingerprint density at radius 3 is 2.64 bits per heavy atom. The molecule has 0 N–H and O–H groups in total. The van der Waals surface area contributed by atoms with Gasteiger partial charge < -0.3 is 14.5 Å². The van der Waals surface area contributed by atoms with Crippen LogP contribution in [-0.4, -0.2) is 36.1 Å². The molecule has 0 aliphatic carbocycles. The average molecular weight is 463 g/mol. The van der Waals surface area contributed by atoms with Crippen LogP contribution in [-0.2, 0) is 16.2 Å². The van der Waals surface area contributed by atoms with Crippen LogP contribution in [0.2, 0.25) is 0 Å². The highest BCUT2D eigenvalue weighted by Crippen LogP contribution is 2.55. The Kier molecular flexibility index (Phi) is 5.37. The number of halogens is 1. The molecule has 2 aliphatic rings. The van der Waals surface area contributed by atoms with Crippen molar-refractivity contribution in [1.82, 2.24) is 4.90 Å². The minimum atomic E-state index is -1.21. The molecule has 0 saturated carbocycles. The van der Waals surface area contributed by atoms with Crippen LogP contribution in [0.15, 0.2) is 66.7 Å². The second-order valence-corrected chi connectivity index (χ2v) is 9.51. The third kappa shape index (κ3) is 3.47. The molecule has 1 spiro atoms. The number of benzene rings is 3. The Morgan fingerprint density at radius 1 is 1.12 bits per heavy atom. The summed E-state index contributed by atoms with van der Waals surface area (Å²) in [6, 6.07) is 19.2. The third-order valence-electron chi connectivity index (χ3n) is 6.18. The van der Waals surface area contributed by atoms with Gasteiger partial charge in [-0.15, -0.1) is 11.8 Å². The molecule has 5 nitrogen and oxygen atoms in total. The van der Waals surface area contributed by atoms with E-state index in [-0.39, 0.29) is 17.4 Å². The van der Waals surface area contributed by atoms with E-state index < -0.39 is 10.7 Å². The van der Waals surface area contributed by atoms with Gasteiger partial charge in [0.05, 0.1) is 19.3 Å². The first-order valence-corrected chi connectivity index (χ1v) is 11.7. The summed E-state index contributed by atoms with van der Waals surface area (Å²) in [7, 11) is 1.58. The van der Waals surface area contributed by atoms with E-state index >= 15 is 0 Å². The number of amides is 2. The number of hydrogen-bond acceptors (Lipinski definition) is 4. The van der Waals surface area contributed by atoms with Gasteiger partial charge in [-0.3, -0.25) is 9.59 Å². The van der Waals surface area contributed by atoms with Crippen molar-refractivity contribution in [1.29, 1.82) is 0 Å². The molecule has 2 aliphatic heterocycles. The number of anilines is 1. The van der Waals surface area contributed by atoms with E-state index in [1.54, 1.807) is 23.0 Å². The van der Waals surface area contributed by atoms with Crippen molar-refractivity contribution in [2.75, 3.05) is 24.3 Å². The standard InChI is InChI=1S/C26H23FN2O3S/c1-17-6-8-18(9-7-17)16-28-23-11-10-21(32-2)15-22(23)26(25(28)31)29(12-13-33-26)24(30)19-4-3-5-20(27)14-19/h3-11,14-15H,12-13,16H2,1-2H3/t26-/m1/s1. The topological polar surface area (TPSA) is 49.9 Å². The summed E-state index contributed by atoms with van der Waals surface area (Å²) < 4.78 is 19.3. The van der Waals surface area contributed by atoms with Crippen molar-refractivity contribution in [2.45, 2.75) is 18.3 Å². The quantitative estimate of drug-likeness (QED) is 0.563. The summed E-state index contributed by atoms with van der Waals surface area (Å²) in [5, 5.41) is 0. The lowest BCUT2D eigenvalue weighted by atomic mass is 10.0.